The third kappa shape index (κ3) is 3.07. The molecule has 0 radical (unpaired) electrons. The summed E-state index contributed by atoms with van der Waals surface area (Å²) in [5.41, 5.74) is 0.888. The maximum Gasteiger partial charge on any atom is 0.328 e. The van der Waals surface area contributed by atoms with E-state index in [1.165, 1.54) is 0 Å². The van der Waals surface area contributed by atoms with Crippen LogP contribution in [0, 0.1) is 0 Å². The third-order valence-corrected chi connectivity index (χ3v) is 3.72. The summed E-state index contributed by atoms with van der Waals surface area (Å²) in [5.74, 6) is -0.153. The van der Waals surface area contributed by atoms with E-state index in [1.807, 2.05) is 35.2 Å². The van der Waals surface area contributed by atoms with Gasteiger partial charge in [-0.2, -0.15) is 0 Å². The van der Waals surface area contributed by atoms with Crippen LogP contribution < -0.4 is 0 Å². The van der Waals surface area contributed by atoms with Crippen molar-refractivity contribution in [2.24, 2.45) is 0 Å². The second-order valence-corrected chi connectivity index (χ2v) is 5.07. The zero-order chi connectivity index (χ0) is 14.5. The molecule has 1 aromatic carbocycles. The molecule has 2 atom stereocenters. The number of nitrogens with zero attached hydrogens (tertiary/aromatic N) is 1. The standard InChI is InChI=1S/C16H21NO3/c1-3-20-16(19)15(13-8-5-4-6-9-13)17-11-7-10-14(17)12(2)18/h4-6,8-9,14-15H,3,7,10-11H2,1-2H3/t14-,15?/m1/s1. The van der Waals surface area contributed by atoms with Gasteiger partial charge in [0.25, 0.3) is 0 Å². The minimum atomic E-state index is -0.479. The summed E-state index contributed by atoms with van der Waals surface area (Å²) >= 11 is 0. The molecule has 4 heteroatoms. The number of carbonyl (C=O) groups excluding carboxylic acids is 2. The largest absolute Gasteiger partial charge is 0.465 e. The molecule has 1 saturated heterocycles. The van der Waals surface area contributed by atoms with E-state index >= 15 is 0 Å². The van der Waals surface area contributed by atoms with Crippen molar-refractivity contribution >= 4 is 11.8 Å². The van der Waals surface area contributed by atoms with Gasteiger partial charge in [-0.1, -0.05) is 30.3 Å². The zero-order valence-corrected chi connectivity index (χ0v) is 12.0. The first-order valence-electron chi connectivity index (χ1n) is 7.13. The van der Waals surface area contributed by atoms with E-state index in [1.54, 1.807) is 13.8 Å². The van der Waals surface area contributed by atoms with Gasteiger partial charge in [-0.3, -0.25) is 9.69 Å². The second-order valence-electron chi connectivity index (χ2n) is 5.07. The molecule has 1 unspecified atom stereocenters. The first-order chi connectivity index (χ1) is 9.65. The summed E-state index contributed by atoms with van der Waals surface area (Å²) < 4.78 is 5.21. The van der Waals surface area contributed by atoms with E-state index in [-0.39, 0.29) is 17.8 Å². The number of ether oxygens (including phenoxy) is 1. The number of esters is 1. The first-order valence-corrected chi connectivity index (χ1v) is 7.13. The average molecular weight is 275 g/mol. The molecule has 20 heavy (non-hydrogen) atoms. The van der Waals surface area contributed by atoms with Gasteiger partial charge in [-0.05, 0) is 32.3 Å². The zero-order valence-electron chi connectivity index (χ0n) is 12.0. The topological polar surface area (TPSA) is 46.6 Å². The normalized spacial score (nSPS) is 20.6. The van der Waals surface area contributed by atoms with Gasteiger partial charge in [-0.15, -0.1) is 0 Å². The lowest BCUT2D eigenvalue weighted by atomic mass is 10.0. The molecule has 2 rings (SSSR count). The summed E-state index contributed by atoms with van der Waals surface area (Å²) in [6.07, 6.45) is 1.76. The van der Waals surface area contributed by atoms with Crippen LogP contribution in [0.5, 0.6) is 0 Å². The van der Waals surface area contributed by atoms with Crippen LogP contribution in [0.15, 0.2) is 30.3 Å². The molecule has 0 aromatic heterocycles. The Hall–Kier alpha value is -1.68. The highest BCUT2D eigenvalue weighted by atomic mass is 16.5. The van der Waals surface area contributed by atoms with Gasteiger partial charge in [0.15, 0.2) is 0 Å². The predicted octanol–water partition coefficient (Wildman–Crippen LogP) is 2.34. The van der Waals surface area contributed by atoms with Crippen LogP contribution in [-0.2, 0) is 14.3 Å². The molecule has 1 aromatic rings. The van der Waals surface area contributed by atoms with Gasteiger partial charge >= 0.3 is 5.97 Å². The Morgan fingerprint density at radius 2 is 2.05 bits per heavy atom. The molecule has 0 N–H and O–H groups in total. The van der Waals surface area contributed by atoms with Crippen molar-refractivity contribution in [3.8, 4) is 0 Å². The minimum Gasteiger partial charge on any atom is -0.465 e. The Kier molecular flexibility index (Phi) is 4.90. The van der Waals surface area contributed by atoms with Gasteiger partial charge in [0.2, 0.25) is 0 Å². The average Bonchev–Trinajstić information content (AvgIpc) is 2.90. The number of hydrogen-bond acceptors (Lipinski definition) is 4. The number of ketones is 1. The van der Waals surface area contributed by atoms with Crippen molar-refractivity contribution < 1.29 is 14.3 Å². The maximum absolute atomic E-state index is 12.3. The summed E-state index contributed by atoms with van der Waals surface area (Å²) in [5, 5.41) is 0. The summed E-state index contributed by atoms with van der Waals surface area (Å²) in [6.45, 7) is 4.49. The highest BCUT2D eigenvalue weighted by Gasteiger charge is 2.38. The molecule has 0 aliphatic carbocycles. The van der Waals surface area contributed by atoms with Gasteiger partial charge < -0.3 is 4.74 Å². The fraction of sp³-hybridized carbons (Fsp3) is 0.500. The predicted molar refractivity (Wildman–Crippen MR) is 76.2 cm³/mol. The number of carbonyl (C=O) groups is 2. The number of hydrogen-bond donors (Lipinski definition) is 0. The van der Waals surface area contributed by atoms with Crippen molar-refractivity contribution in [1.29, 1.82) is 0 Å². The molecule has 1 fully saturated rings. The Bertz CT molecular complexity index is 472. The summed E-state index contributed by atoms with van der Waals surface area (Å²) in [4.78, 5) is 26.1. The molecule has 4 nitrogen and oxygen atoms in total. The third-order valence-electron chi connectivity index (χ3n) is 3.72. The lowest BCUT2D eigenvalue weighted by Crippen LogP contribution is -2.41. The molecule has 1 heterocycles. The van der Waals surface area contributed by atoms with Crippen LogP contribution in [-0.4, -0.2) is 35.8 Å². The Morgan fingerprint density at radius 1 is 1.35 bits per heavy atom. The fourth-order valence-corrected chi connectivity index (χ4v) is 2.85. The molecule has 108 valence electrons. The van der Waals surface area contributed by atoms with E-state index in [4.69, 9.17) is 4.74 Å². The summed E-state index contributed by atoms with van der Waals surface area (Å²) in [6, 6.07) is 8.89. The van der Waals surface area contributed by atoms with Gasteiger partial charge in [-0.25, -0.2) is 4.79 Å². The van der Waals surface area contributed by atoms with Crippen molar-refractivity contribution in [1.82, 2.24) is 4.90 Å². The number of likely N-dealkylation sites (tertiary alicyclic amines) is 1. The molecule has 1 aliphatic rings. The molecular weight excluding hydrogens is 254 g/mol. The van der Waals surface area contributed by atoms with Crippen molar-refractivity contribution in [2.45, 2.75) is 38.8 Å². The van der Waals surface area contributed by atoms with E-state index in [0.717, 1.165) is 24.9 Å². The van der Waals surface area contributed by atoms with E-state index in [9.17, 15) is 9.59 Å². The Labute approximate surface area is 119 Å². The molecule has 0 amide bonds. The molecule has 0 bridgehead atoms. The number of benzene rings is 1. The maximum atomic E-state index is 12.3. The molecule has 1 aliphatic heterocycles. The number of rotatable bonds is 5. The first kappa shape index (κ1) is 14.7. The molecule has 0 spiro atoms. The van der Waals surface area contributed by atoms with Crippen LogP contribution in [0.1, 0.15) is 38.3 Å². The highest BCUT2D eigenvalue weighted by molar-refractivity contribution is 5.84. The second kappa shape index (κ2) is 6.66. The molecular formula is C16H21NO3. The van der Waals surface area contributed by atoms with Crippen LogP contribution in [0.3, 0.4) is 0 Å². The fourth-order valence-electron chi connectivity index (χ4n) is 2.85. The van der Waals surface area contributed by atoms with Crippen LogP contribution >= 0.6 is 0 Å². The quantitative estimate of drug-likeness (QED) is 0.774. The van der Waals surface area contributed by atoms with Gasteiger partial charge in [0.1, 0.15) is 11.8 Å². The van der Waals surface area contributed by atoms with Crippen LogP contribution in [0.4, 0.5) is 0 Å². The lowest BCUT2D eigenvalue weighted by molar-refractivity contribution is -0.150. The SMILES string of the molecule is CCOC(=O)C(c1ccccc1)N1CCC[C@@H]1C(C)=O. The van der Waals surface area contributed by atoms with Crippen molar-refractivity contribution in [2.75, 3.05) is 13.2 Å². The van der Waals surface area contributed by atoms with Crippen molar-refractivity contribution in [3.63, 3.8) is 0 Å². The van der Waals surface area contributed by atoms with E-state index < -0.39 is 6.04 Å². The molecule has 0 saturated carbocycles. The number of Topliss-reactive ketones (excluding diaryl/α,β-unsaturated/α-hetero) is 1. The van der Waals surface area contributed by atoms with Crippen LogP contribution in [0.2, 0.25) is 0 Å². The monoisotopic (exact) mass is 275 g/mol. The smallest absolute Gasteiger partial charge is 0.328 e. The van der Waals surface area contributed by atoms with E-state index in [2.05, 4.69) is 0 Å². The van der Waals surface area contributed by atoms with Crippen LogP contribution in [0.25, 0.3) is 0 Å². The van der Waals surface area contributed by atoms with Gasteiger partial charge in [0, 0.05) is 6.54 Å². The Morgan fingerprint density at radius 3 is 2.65 bits per heavy atom. The van der Waals surface area contributed by atoms with Gasteiger partial charge in [0.05, 0.1) is 12.6 Å². The lowest BCUT2D eigenvalue weighted by Gasteiger charge is -2.30. The Balaban J connectivity index is 2.31. The highest BCUT2D eigenvalue weighted by Crippen LogP contribution is 2.30. The minimum absolute atomic E-state index is 0.118. The van der Waals surface area contributed by atoms with E-state index in [0.29, 0.717) is 6.61 Å². The summed E-state index contributed by atoms with van der Waals surface area (Å²) in [7, 11) is 0. The van der Waals surface area contributed by atoms with Crippen molar-refractivity contribution in [3.05, 3.63) is 35.9 Å².